The van der Waals surface area contributed by atoms with Crippen LogP contribution in [0, 0.1) is 6.92 Å². The molecule has 0 bridgehead atoms. The van der Waals surface area contributed by atoms with Crippen LogP contribution < -0.4 is 16.7 Å². The number of hydrogen-bond donors (Lipinski definition) is 2. The van der Waals surface area contributed by atoms with E-state index in [2.05, 4.69) is 4.98 Å². The highest BCUT2D eigenvalue weighted by atomic mass is 16.1. The molecule has 0 amide bonds. The third-order valence-corrected chi connectivity index (χ3v) is 3.54. The predicted molar refractivity (Wildman–Crippen MR) is 79.3 cm³/mol. The number of H-pyrrole nitrogens is 1. The zero-order valence-corrected chi connectivity index (χ0v) is 11.1. The molecule has 0 fully saturated rings. The van der Waals surface area contributed by atoms with Crippen molar-refractivity contribution in [3.8, 4) is 0 Å². The van der Waals surface area contributed by atoms with Crippen LogP contribution in [0.2, 0.25) is 0 Å². The van der Waals surface area contributed by atoms with E-state index in [0.29, 0.717) is 35.1 Å². The van der Waals surface area contributed by atoms with E-state index in [1.807, 2.05) is 13.0 Å². The minimum atomic E-state index is -0.113. The van der Waals surface area contributed by atoms with Gasteiger partial charge in [0, 0.05) is 22.7 Å². The Morgan fingerprint density at radius 3 is 2.75 bits per heavy atom. The lowest BCUT2D eigenvalue weighted by atomic mass is 10.1. The maximum atomic E-state index is 12.6. The molecule has 3 rings (SSSR count). The number of rotatable bonds is 2. The van der Waals surface area contributed by atoms with Gasteiger partial charge in [0.05, 0.1) is 5.52 Å². The summed E-state index contributed by atoms with van der Waals surface area (Å²) in [5.74, 6) is 0. The number of benzene rings is 1. The van der Waals surface area contributed by atoms with E-state index in [1.165, 1.54) is 6.07 Å². The number of nitrogens with two attached hydrogens (primary N) is 1. The van der Waals surface area contributed by atoms with Gasteiger partial charge in [-0.05, 0) is 32.0 Å². The molecule has 3 N–H and O–H groups in total. The molecule has 102 valence electrons. The largest absolute Gasteiger partial charge is 0.345 e. The van der Waals surface area contributed by atoms with Gasteiger partial charge in [-0.1, -0.05) is 12.1 Å². The number of aryl methyl sites for hydroxylation is 1. The molecule has 0 saturated carbocycles. The zero-order valence-electron chi connectivity index (χ0n) is 11.1. The Morgan fingerprint density at radius 1 is 1.25 bits per heavy atom. The third-order valence-electron chi connectivity index (χ3n) is 3.54. The molecule has 1 aromatic carbocycles. The minimum Gasteiger partial charge on any atom is -0.345 e. The lowest BCUT2D eigenvalue weighted by molar-refractivity contribution is 0.895. The summed E-state index contributed by atoms with van der Waals surface area (Å²) in [6, 6.07) is 8.57. The summed E-state index contributed by atoms with van der Waals surface area (Å²) in [7, 11) is 0. The Labute approximate surface area is 114 Å². The molecule has 5 heteroatoms. The fraction of sp³-hybridized carbons (Fsp3) is 0.200. The second-order valence-corrected chi connectivity index (χ2v) is 4.82. The molecule has 3 aromatic rings. The topological polar surface area (TPSA) is 80.4 Å². The monoisotopic (exact) mass is 269 g/mol. The molecule has 0 atom stereocenters. The van der Waals surface area contributed by atoms with E-state index >= 15 is 0 Å². The second-order valence-electron chi connectivity index (χ2n) is 4.82. The van der Waals surface area contributed by atoms with Gasteiger partial charge in [-0.15, -0.1) is 0 Å². The molecule has 2 aromatic heterocycles. The van der Waals surface area contributed by atoms with Crippen LogP contribution in [0.5, 0.6) is 0 Å². The van der Waals surface area contributed by atoms with Crippen LogP contribution in [-0.2, 0) is 6.42 Å². The number of hydrogen-bond acceptors (Lipinski definition) is 3. The highest BCUT2D eigenvalue weighted by Crippen LogP contribution is 2.11. The van der Waals surface area contributed by atoms with E-state index in [-0.39, 0.29) is 11.0 Å². The molecule has 20 heavy (non-hydrogen) atoms. The smallest absolute Gasteiger partial charge is 0.261 e. The number of fused-ring (bicyclic) bond motifs is 3. The number of nitrogens with zero attached hydrogens (tertiary/aromatic N) is 1. The lowest BCUT2D eigenvalue weighted by Gasteiger charge is -2.10. The van der Waals surface area contributed by atoms with Crippen LogP contribution in [-0.4, -0.2) is 15.9 Å². The first kappa shape index (κ1) is 12.6. The maximum absolute atomic E-state index is 12.6. The van der Waals surface area contributed by atoms with Crippen molar-refractivity contribution < 1.29 is 0 Å². The Balaban J connectivity index is 2.58. The summed E-state index contributed by atoms with van der Waals surface area (Å²) in [6.45, 7) is 2.24. The molecule has 0 aliphatic rings. The Morgan fingerprint density at radius 2 is 2.00 bits per heavy atom. The first-order valence-corrected chi connectivity index (χ1v) is 6.50. The Kier molecular flexibility index (Phi) is 2.91. The van der Waals surface area contributed by atoms with E-state index in [1.54, 1.807) is 22.6 Å². The summed E-state index contributed by atoms with van der Waals surface area (Å²) < 4.78 is 1.55. The van der Waals surface area contributed by atoms with Crippen LogP contribution in [0.1, 0.15) is 11.3 Å². The molecule has 2 heterocycles. The molecule has 0 unspecified atom stereocenters. The SMILES string of the molecule is Cc1[nH]c2cc(=O)c3ccccc3n2c(=O)c1CCN. The molecular formula is C15H15N3O2. The highest BCUT2D eigenvalue weighted by Gasteiger charge is 2.11. The standard InChI is InChI=1S/C15H15N3O2/c1-9-10(6-7-16)15(20)18-12-5-3-2-4-11(12)13(19)8-14(18)17-9/h2-5,8,17H,6-7,16H2,1H3. The molecular weight excluding hydrogens is 254 g/mol. The number of pyridine rings is 1. The van der Waals surface area contributed by atoms with Crippen molar-refractivity contribution >= 4 is 16.6 Å². The molecule has 5 nitrogen and oxygen atoms in total. The van der Waals surface area contributed by atoms with Crippen molar-refractivity contribution in [3.05, 3.63) is 62.2 Å². The maximum Gasteiger partial charge on any atom is 0.261 e. The van der Waals surface area contributed by atoms with Crippen molar-refractivity contribution in [3.63, 3.8) is 0 Å². The summed E-state index contributed by atoms with van der Waals surface area (Å²) in [4.78, 5) is 27.8. The first-order chi connectivity index (χ1) is 9.63. The van der Waals surface area contributed by atoms with Gasteiger partial charge in [-0.3, -0.25) is 14.0 Å². The fourth-order valence-electron chi connectivity index (χ4n) is 2.59. The van der Waals surface area contributed by atoms with Gasteiger partial charge in [0.2, 0.25) is 0 Å². The number of nitrogens with one attached hydrogen (secondary N) is 1. The number of aromatic nitrogens is 2. The zero-order chi connectivity index (χ0) is 14.3. The predicted octanol–water partition coefficient (Wildman–Crippen LogP) is 0.951. The van der Waals surface area contributed by atoms with E-state index < -0.39 is 0 Å². The van der Waals surface area contributed by atoms with Crippen LogP contribution >= 0.6 is 0 Å². The average molecular weight is 269 g/mol. The lowest BCUT2D eigenvalue weighted by Crippen LogP contribution is -2.25. The van der Waals surface area contributed by atoms with Crippen LogP contribution in [0.15, 0.2) is 39.9 Å². The molecule has 0 aliphatic carbocycles. The Hall–Kier alpha value is -2.40. The van der Waals surface area contributed by atoms with E-state index in [4.69, 9.17) is 5.73 Å². The van der Waals surface area contributed by atoms with Gasteiger partial charge in [-0.25, -0.2) is 0 Å². The van der Waals surface area contributed by atoms with Crippen LogP contribution in [0.4, 0.5) is 0 Å². The van der Waals surface area contributed by atoms with E-state index in [9.17, 15) is 9.59 Å². The number of para-hydroxylation sites is 1. The van der Waals surface area contributed by atoms with Crippen molar-refractivity contribution in [1.82, 2.24) is 9.38 Å². The third kappa shape index (κ3) is 1.75. The molecule has 0 spiro atoms. The van der Waals surface area contributed by atoms with Crippen molar-refractivity contribution in [2.24, 2.45) is 5.73 Å². The normalized spacial score (nSPS) is 11.3. The number of aromatic amines is 1. The summed E-state index contributed by atoms with van der Waals surface area (Å²) in [6.07, 6.45) is 0.511. The van der Waals surface area contributed by atoms with Gasteiger partial charge in [-0.2, -0.15) is 0 Å². The van der Waals surface area contributed by atoms with E-state index in [0.717, 1.165) is 5.69 Å². The van der Waals surface area contributed by atoms with Gasteiger partial charge >= 0.3 is 0 Å². The minimum absolute atomic E-state index is 0.0952. The fourth-order valence-corrected chi connectivity index (χ4v) is 2.59. The van der Waals surface area contributed by atoms with Crippen molar-refractivity contribution in [2.75, 3.05) is 6.54 Å². The van der Waals surface area contributed by atoms with Gasteiger partial charge < -0.3 is 10.7 Å². The van der Waals surface area contributed by atoms with Crippen LogP contribution in [0.25, 0.3) is 16.6 Å². The second kappa shape index (κ2) is 4.61. The highest BCUT2D eigenvalue weighted by molar-refractivity contribution is 5.81. The van der Waals surface area contributed by atoms with Gasteiger partial charge in [0.15, 0.2) is 5.43 Å². The quantitative estimate of drug-likeness (QED) is 0.680. The summed E-state index contributed by atoms with van der Waals surface area (Å²) >= 11 is 0. The van der Waals surface area contributed by atoms with Crippen LogP contribution in [0.3, 0.4) is 0 Å². The van der Waals surface area contributed by atoms with Gasteiger partial charge in [0.1, 0.15) is 5.65 Å². The van der Waals surface area contributed by atoms with Gasteiger partial charge in [0.25, 0.3) is 5.56 Å². The molecule has 0 aliphatic heterocycles. The first-order valence-electron chi connectivity index (χ1n) is 6.50. The Bertz CT molecular complexity index is 922. The summed E-state index contributed by atoms with van der Waals surface area (Å²) in [5.41, 5.74) is 7.91. The summed E-state index contributed by atoms with van der Waals surface area (Å²) in [5, 5.41) is 0.540. The van der Waals surface area contributed by atoms with Crippen molar-refractivity contribution in [2.45, 2.75) is 13.3 Å². The molecule has 0 saturated heterocycles. The van der Waals surface area contributed by atoms with Crippen molar-refractivity contribution in [1.29, 1.82) is 0 Å². The molecule has 0 radical (unpaired) electrons. The average Bonchev–Trinajstić information content (AvgIpc) is 2.43.